The van der Waals surface area contributed by atoms with Gasteiger partial charge in [-0.3, -0.25) is 24.6 Å². The molecule has 1 fully saturated rings. The van der Waals surface area contributed by atoms with Gasteiger partial charge in [0.05, 0.1) is 35.1 Å². The summed E-state index contributed by atoms with van der Waals surface area (Å²) in [4.78, 5) is 38.1. The molecule has 0 aromatic heterocycles. The molecule has 3 aromatic carbocycles. The summed E-state index contributed by atoms with van der Waals surface area (Å²) in [5.41, 5.74) is 2.58. The molecular formula is C26H22N2O6S. The molecule has 0 aliphatic carbocycles. The second-order valence-corrected chi connectivity index (χ2v) is 8.78. The number of carbonyl (C=O) groups is 2. The SMILES string of the molecule is COc1cc(/C=C2\SC(=O)N(Cc3ccccc3C)C2=O)c([N+](=O)[O-])cc1OCc1ccccc1. The fraction of sp³-hybridized carbons (Fsp3) is 0.154. The van der Waals surface area contributed by atoms with Crippen LogP contribution in [0, 0.1) is 17.0 Å². The first kappa shape index (κ1) is 24.0. The minimum Gasteiger partial charge on any atom is -0.493 e. The molecular weight excluding hydrogens is 468 g/mol. The topological polar surface area (TPSA) is 99.0 Å². The van der Waals surface area contributed by atoms with Gasteiger partial charge in [-0.2, -0.15) is 0 Å². The van der Waals surface area contributed by atoms with Gasteiger partial charge in [0.2, 0.25) is 0 Å². The van der Waals surface area contributed by atoms with Crippen molar-refractivity contribution >= 4 is 34.7 Å². The smallest absolute Gasteiger partial charge is 0.293 e. The summed E-state index contributed by atoms with van der Waals surface area (Å²) in [5.74, 6) is -0.0225. The molecule has 0 saturated carbocycles. The molecule has 3 aromatic rings. The number of aryl methyl sites for hydroxylation is 1. The fourth-order valence-corrected chi connectivity index (χ4v) is 4.41. The Hall–Kier alpha value is -4.11. The first-order chi connectivity index (χ1) is 16.9. The summed E-state index contributed by atoms with van der Waals surface area (Å²) in [6.45, 7) is 2.24. The summed E-state index contributed by atoms with van der Waals surface area (Å²) < 4.78 is 11.2. The van der Waals surface area contributed by atoms with E-state index in [9.17, 15) is 19.7 Å². The third-order valence-corrected chi connectivity index (χ3v) is 6.40. The molecule has 8 nitrogen and oxygen atoms in total. The maximum atomic E-state index is 13.0. The minimum absolute atomic E-state index is 0.103. The lowest BCUT2D eigenvalue weighted by atomic mass is 10.1. The van der Waals surface area contributed by atoms with Crippen LogP contribution in [0.3, 0.4) is 0 Å². The molecule has 0 atom stereocenters. The summed E-state index contributed by atoms with van der Waals surface area (Å²) in [7, 11) is 1.43. The maximum absolute atomic E-state index is 13.0. The molecule has 4 rings (SSSR count). The number of nitrogens with zero attached hydrogens (tertiary/aromatic N) is 2. The van der Waals surface area contributed by atoms with Crippen LogP contribution in [-0.4, -0.2) is 28.1 Å². The first-order valence-corrected chi connectivity index (χ1v) is 11.5. The number of methoxy groups -OCH3 is 1. The average molecular weight is 491 g/mol. The lowest BCUT2D eigenvalue weighted by molar-refractivity contribution is -0.385. The summed E-state index contributed by atoms with van der Waals surface area (Å²) >= 11 is 0.751. The zero-order valence-corrected chi connectivity index (χ0v) is 19.9. The highest BCUT2D eigenvalue weighted by Crippen LogP contribution is 2.39. The van der Waals surface area contributed by atoms with Crippen molar-refractivity contribution in [3.8, 4) is 11.5 Å². The predicted octanol–water partition coefficient (Wildman–Crippen LogP) is 5.73. The van der Waals surface area contributed by atoms with Gasteiger partial charge in [-0.1, -0.05) is 54.6 Å². The number of nitro groups is 1. The number of rotatable bonds is 8. The number of hydrogen-bond donors (Lipinski definition) is 0. The molecule has 2 amide bonds. The van der Waals surface area contributed by atoms with Crippen LogP contribution >= 0.6 is 11.8 Å². The molecule has 35 heavy (non-hydrogen) atoms. The standard InChI is InChI=1S/C26H22N2O6S/c1-17-8-6-7-11-19(17)15-27-25(29)24(35-26(27)30)13-20-12-22(33-2)23(14-21(20)28(31)32)34-16-18-9-4-3-5-10-18/h3-14H,15-16H2,1-2H3/b24-13-. The second kappa shape index (κ2) is 10.4. The van der Waals surface area contributed by atoms with Crippen LogP contribution in [0.2, 0.25) is 0 Å². The minimum atomic E-state index is -0.557. The highest BCUT2D eigenvalue weighted by molar-refractivity contribution is 8.18. The summed E-state index contributed by atoms with van der Waals surface area (Å²) in [5, 5.41) is 11.4. The average Bonchev–Trinajstić information content (AvgIpc) is 3.12. The Morgan fingerprint density at radius 3 is 2.43 bits per heavy atom. The van der Waals surface area contributed by atoms with Gasteiger partial charge in [-0.25, -0.2) is 0 Å². The molecule has 0 spiro atoms. The molecule has 1 aliphatic heterocycles. The molecule has 1 saturated heterocycles. The van der Waals surface area contributed by atoms with Crippen LogP contribution < -0.4 is 9.47 Å². The number of hydrogen-bond acceptors (Lipinski definition) is 7. The van der Waals surface area contributed by atoms with Crippen molar-refractivity contribution in [2.24, 2.45) is 0 Å². The van der Waals surface area contributed by atoms with Gasteiger partial charge >= 0.3 is 0 Å². The Bertz CT molecular complexity index is 1320. The highest BCUT2D eigenvalue weighted by Gasteiger charge is 2.36. The molecule has 0 unspecified atom stereocenters. The number of benzene rings is 3. The van der Waals surface area contributed by atoms with Crippen molar-refractivity contribution in [2.45, 2.75) is 20.1 Å². The van der Waals surface area contributed by atoms with E-state index in [0.717, 1.165) is 33.4 Å². The van der Waals surface area contributed by atoms with E-state index in [0.29, 0.717) is 0 Å². The quantitative estimate of drug-likeness (QED) is 0.226. The van der Waals surface area contributed by atoms with Crippen molar-refractivity contribution in [2.75, 3.05) is 7.11 Å². The molecule has 9 heteroatoms. The Balaban J connectivity index is 1.62. The number of carbonyl (C=O) groups excluding carboxylic acids is 2. The van der Waals surface area contributed by atoms with E-state index in [1.54, 1.807) is 0 Å². The number of imide groups is 1. The molecule has 1 aliphatic rings. The maximum Gasteiger partial charge on any atom is 0.293 e. The van der Waals surface area contributed by atoms with Crippen LogP contribution in [0.15, 0.2) is 71.6 Å². The largest absolute Gasteiger partial charge is 0.493 e. The van der Waals surface area contributed by atoms with Gasteiger partial charge in [0.15, 0.2) is 11.5 Å². The van der Waals surface area contributed by atoms with E-state index >= 15 is 0 Å². The number of ether oxygens (including phenoxy) is 2. The van der Waals surface area contributed by atoms with Crippen molar-refractivity contribution < 1.29 is 24.0 Å². The lowest BCUT2D eigenvalue weighted by Gasteiger charge is -2.14. The van der Waals surface area contributed by atoms with E-state index in [2.05, 4.69) is 0 Å². The number of amides is 2. The van der Waals surface area contributed by atoms with Crippen molar-refractivity contribution in [1.29, 1.82) is 0 Å². The van der Waals surface area contributed by atoms with E-state index in [-0.39, 0.29) is 40.8 Å². The van der Waals surface area contributed by atoms with Gasteiger partial charge in [-0.05, 0) is 47.5 Å². The van der Waals surface area contributed by atoms with E-state index in [1.807, 2.05) is 61.5 Å². The zero-order chi connectivity index (χ0) is 24.9. The molecule has 0 N–H and O–H groups in total. The van der Waals surface area contributed by atoms with E-state index < -0.39 is 16.1 Å². The highest BCUT2D eigenvalue weighted by atomic mass is 32.2. The molecule has 1 heterocycles. The van der Waals surface area contributed by atoms with Crippen molar-refractivity contribution in [3.63, 3.8) is 0 Å². The van der Waals surface area contributed by atoms with Crippen LogP contribution in [0.4, 0.5) is 10.5 Å². The van der Waals surface area contributed by atoms with Gasteiger partial charge in [0.1, 0.15) is 6.61 Å². The first-order valence-electron chi connectivity index (χ1n) is 10.7. The van der Waals surface area contributed by atoms with Crippen LogP contribution in [0.1, 0.15) is 22.3 Å². The van der Waals surface area contributed by atoms with Gasteiger partial charge < -0.3 is 9.47 Å². The monoisotopic (exact) mass is 490 g/mol. The predicted molar refractivity (Wildman–Crippen MR) is 133 cm³/mol. The van der Waals surface area contributed by atoms with Crippen LogP contribution in [-0.2, 0) is 17.9 Å². The normalized spacial score (nSPS) is 14.5. The van der Waals surface area contributed by atoms with E-state index in [1.165, 1.54) is 25.3 Å². The Labute approximate surface area is 206 Å². The second-order valence-electron chi connectivity index (χ2n) is 7.79. The lowest BCUT2D eigenvalue weighted by Crippen LogP contribution is -2.27. The summed E-state index contributed by atoms with van der Waals surface area (Å²) in [6, 6.07) is 19.6. The van der Waals surface area contributed by atoms with Crippen molar-refractivity contribution in [1.82, 2.24) is 4.90 Å². The summed E-state index contributed by atoms with van der Waals surface area (Å²) in [6.07, 6.45) is 1.35. The molecule has 178 valence electrons. The van der Waals surface area contributed by atoms with Crippen molar-refractivity contribution in [3.05, 3.63) is 104 Å². The zero-order valence-electron chi connectivity index (χ0n) is 19.1. The Morgan fingerprint density at radius 1 is 1.03 bits per heavy atom. The van der Waals surface area contributed by atoms with Gasteiger partial charge in [0.25, 0.3) is 16.8 Å². The van der Waals surface area contributed by atoms with E-state index in [4.69, 9.17) is 9.47 Å². The van der Waals surface area contributed by atoms with Crippen LogP contribution in [0.25, 0.3) is 6.08 Å². The fourth-order valence-electron chi connectivity index (χ4n) is 3.58. The van der Waals surface area contributed by atoms with Crippen LogP contribution in [0.5, 0.6) is 11.5 Å². The third-order valence-electron chi connectivity index (χ3n) is 5.50. The Kier molecular flexibility index (Phi) is 7.17. The number of thioether (sulfide) groups is 1. The third kappa shape index (κ3) is 5.36. The molecule has 0 radical (unpaired) electrons. The Morgan fingerprint density at radius 2 is 1.74 bits per heavy atom. The van der Waals surface area contributed by atoms with Gasteiger partial charge in [0, 0.05) is 0 Å². The number of nitro benzene ring substituents is 1. The van der Waals surface area contributed by atoms with Gasteiger partial charge in [-0.15, -0.1) is 0 Å². The molecule has 0 bridgehead atoms.